The molecule has 198 valence electrons. The smallest absolute Gasteiger partial charge is 0.308 e. The van der Waals surface area contributed by atoms with Gasteiger partial charge in [0.15, 0.2) is 5.52 Å². The third kappa shape index (κ3) is 4.35. The standard InChI is InChI=1S/C29H31BrN4O4/c1-6-8-25(35)34(22-13-16(3)20(30)14-18(22)17-9-10-17)24-12-11-21-26(31-24)27(32-33(21)5)38-23-15-19(28(36)37)29(23,4)7-2/h11-14,17,19,23H,7,9-10,15H2,1-5H3,(H,36,37). The number of ether oxygens (including phenoxy) is 1. The van der Waals surface area contributed by atoms with E-state index in [-0.39, 0.29) is 12.0 Å². The Kier molecular flexibility index (Phi) is 6.72. The molecule has 0 aliphatic heterocycles. The molecule has 1 amide bonds. The van der Waals surface area contributed by atoms with Gasteiger partial charge in [-0.2, -0.15) is 0 Å². The number of aromatic nitrogens is 3. The van der Waals surface area contributed by atoms with Crippen LogP contribution >= 0.6 is 15.9 Å². The SMILES string of the molecule is CC#CC(=O)N(c1ccc2c(n1)c(OC1CC(C(=O)O)C1(C)CC)nn2C)c1cc(C)c(Br)cc1C1CC1. The van der Waals surface area contributed by atoms with Gasteiger partial charge in [-0.15, -0.1) is 5.10 Å². The van der Waals surface area contributed by atoms with Crippen molar-refractivity contribution in [1.29, 1.82) is 0 Å². The van der Waals surface area contributed by atoms with Crippen LogP contribution in [0.25, 0.3) is 11.0 Å². The number of rotatable bonds is 7. The number of anilines is 2. The first-order chi connectivity index (χ1) is 18.1. The van der Waals surface area contributed by atoms with Gasteiger partial charge in [-0.05, 0) is 86.8 Å². The number of nitrogens with zero attached hydrogens (tertiary/aromatic N) is 4. The molecule has 0 radical (unpaired) electrons. The normalized spacial score (nSPS) is 22.4. The molecule has 2 aliphatic carbocycles. The van der Waals surface area contributed by atoms with E-state index >= 15 is 0 Å². The van der Waals surface area contributed by atoms with Crippen LogP contribution in [0.2, 0.25) is 0 Å². The summed E-state index contributed by atoms with van der Waals surface area (Å²) < 4.78 is 9.02. The molecule has 2 aromatic heterocycles. The van der Waals surface area contributed by atoms with Crippen molar-refractivity contribution in [2.45, 2.75) is 65.4 Å². The predicted molar refractivity (Wildman–Crippen MR) is 149 cm³/mol. The third-order valence-corrected chi connectivity index (χ3v) is 9.03. The highest BCUT2D eigenvalue weighted by molar-refractivity contribution is 9.10. The molecule has 3 aromatic rings. The first-order valence-corrected chi connectivity index (χ1v) is 13.7. The fraction of sp³-hybridized carbons (Fsp3) is 0.448. The average molecular weight is 579 g/mol. The summed E-state index contributed by atoms with van der Waals surface area (Å²) in [5.74, 6) is 4.95. The zero-order valence-corrected chi connectivity index (χ0v) is 23.8. The number of hydrogen-bond acceptors (Lipinski definition) is 5. The van der Waals surface area contributed by atoms with Crippen LogP contribution in [0, 0.1) is 30.1 Å². The summed E-state index contributed by atoms with van der Waals surface area (Å²) in [6.07, 6.45) is 2.94. The second-order valence-electron chi connectivity index (χ2n) is 10.5. The Balaban J connectivity index is 1.59. The van der Waals surface area contributed by atoms with Crippen LogP contribution in [0.3, 0.4) is 0 Å². The van der Waals surface area contributed by atoms with Crippen LogP contribution in [-0.4, -0.2) is 37.9 Å². The van der Waals surface area contributed by atoms with Crippen LogP contribution in [-0.2, 0) is 16.6 Å². The van der Waals surface area contributed by atoms with E-state index in [0.717, 1.165) is 39.6 Å². The number of benzene rings is 1. The van der Waals surface area contributed by atoms with Gasteiger partial charge in [-0.25, -0.2) is 4.98 Å². The third-order valence-electron chi connectivity index (χ3n) is 8.18. The Bertz CT molecular complexity index is 1520. The monoisotopic (exact) mass is 578 g/mol. The molecule has 3 unspecified atom stereocenters. The molecule has 8 nitrogen and oxygen atoms in total. The van der Waals surface area contributed by atoms with Crippen LogP contribution in [0.4, 0.5) is 11.5 Å². The number of aryl methyl sites for hydroxylation is 2. The summed E-state index contributed by atoms with van der Waals surface area (Å²) in [6.45, 7) is 7.56. The molecule has 3 atom stereocenters. The quantitative estimate of drug-likeness (QED) is 0.352. The predicted octanol–water partition coefficient (Wildman–Crippen LogP) is 5.87. The Hall–Kier alpha value is -3.38. The molecule has 1 N–H and O–H groups in total. The van der Waals surface area contributed by atoms with E-state index in [0.29, 0.717) is 36.0 Å². The summed E-state index contributed by atoms with van der Waals surface area (Å²) in [5, 5.41) is 14.2. The molecule has 38 heavy (non-hydrogen) atoms. The molecule has 0 bridgehead atoms. The van der Waals surface area contributed by atoms with Crippen LogP contribution in [0.1, 0.15) is 63.5 Å². The minimum Gasteiger partial charge on any atom is -0.481 e. The number of hydrogen-bond donors (Lipinski definition) is 1. The number of carboxylic acids is 1. The molecular weight excluding hydrogens is 548 g/mol. The lowest BCUT2D eigenvalue weighted by Crippen LogP contribution is -2.56. The minimum absolute atomic E-state index is 0.295. The van der Waals surface area contributed by atoms with Gasteiger partial charge in [0, 0.05) is 16.9 Å². The highest BCUT2D eigenvalue weighted by Crippen LogP contribution is 2.51. The second kappa shape index (κ2) is 9.73. The number of halogens is 1. The van der Waals surface area contributed by atoms with Crippen molar-refractivity contribution in [2.75, 3.05) is 4.90 Å². The lowest BCUT2D eigenvalue weighted by molar-refractivity contribution is -0.168. The van der Waals surface area contributed by atoms with E-state index in [9.17, 15) is 14.7 Å². The molecule has 2 aliphatic rings. The van der Waals surface area contributed by atoms with Gasteiger partial charge in [0.2, 0.25) is 0 Å². The molecule has 5 rings (SSSR count). The molecule has 1 aromatic carbocycles. The van der Waals surface area contributed by atoms with Gasteiger partial charge in [-0.1, -0.05) is 35.7 Å². The highest BCUT2D eigenvalue weighted by atomic mass is 79.9. The minimum atomic E-state index is -0.803. The van der Waals surface area contributed by atoms with Gasteiger partial charge < -0.3 is 9.84 Å². The molecule has 0 spiro atoms. The van der Waals surface area contributed by atoms with Gasteiger partial charge in [0.1, 0.15) is 11.9 Å². The molecule has 2 saturated carbocycles. The van der Waals surface area contributed by atoms with Gasteiger partial charge in [0.25, 0.3) is 5.88 Å². The maximum atomic E-state index is 13.4. The first kappa shape index (κ1) is 26.2. The van der Waals surface area contributed by atoms with Crippen molar-refractivity contribution in [3.05, 3.63) is 39.9 Å². The number of pyridine rings is 1. The zero-order valence-electron chi connectivity index (χ0n) is 22.2. The Morgan fingerprint density at radius 1 is 1.32 bits per heavy atom. The van der Waals surface area contributed by atoms with Crippen molar-refractivity contribution in [3.8, 4) is 17.7 Å². The maximum absolute atomic E-state index is 13.4. The number of carboxylic acid groups (broad SMARTS) is 1. The molecular formula is C29H31BrN4O4. The number of amides is 1. The van der Waals surface area contributed by atoms with Crippen molar-refractivity contribution < 1.29 is 19.4 Å². The molecule has 0 saturated heterocycles. The lowest BCUT2D eigenvalue weighted by Gasteiger charge is -2.50. The summed E-state index contributed by atoms with van der Waals surface area (Å²) in [6, 6.07) is 7.78. The number of fused-ring (bicyclic) bond motifs is 1. The Morgan fingerprint density at radius 2 is 2.05 bits per heavy atom. The van der Waals surface area contributed by atoms with E-state index in [4.69, 9.17) is 9.72 Å². The Morgan fingerprint density at radius 3 is 2.68 bits per heavy atom. The maximum Gasteiger partial charge on any atom is 0.308 e. The first-order valence-electron chi connectivity index (χ1n) is 12.9. The summed E-state index contributed by atoms with van der Waals surface area (Å²) >= 11 is 3.65. The molecule has 9 heteroatoms. The Labute approximate surface area is 230 Å². The van der Waals surface area contributed by atoms with E-state index < -0.39 is 17.3 Å². The summed E-state index contributed by atoms with van der Waals surface area (Å²) in [4.78, 5) is 31.6. The van der Waals surface area contributed by atoms with E-state index in [1.54, 1.807) is 22.6 Å². The fourth-order valence-corrected chi connectivity index (χ4v) is 5.75. The van der Waals surface area contributed by atoms with Gasteiger partial charge >= 0.3 is 11.9 Å². The lowest BCUT2D eigenvalue weighted by atomic mass is 9.57. The number of carbonyl (C=O) groups excluding carboxylic acids is 1. The van der Waals surface area contributed by atoms with Crippen molar-refractivity contribution in [3.63, 3.8) is 0 Å². The van der Waals surface area contributed by atoms with Crippen molar-refractivity contribution >= 4 is 50.3 Å². The van der Waals surface area contributed by atoms with Gasteiger partial charge in [-0.3, -0.25) is 19.2 Å². The molecule has 2 heterocycles. The van der Waals surface area contributed by atoms with Crippen LogP contribution in [0.5, 0.6) is 5.88 Å². The van der Waals surface area contributed by atoms with Crippen molar-refractivity contribution in [2.24, 2.45) is 18.4 Å². The summed E-state index contributed by atoms with van der Waals surface area (Å²) in [5.41, 5.74) is 3.65. The largest absolute Gasteiger partial charge is 0.481 e. The fourth-order valence-electron chi connectivity index (χ4n) is 5.39. The summed E-state index contributed by atoms with van der Waals surface area (Å²) in [7, 11) is 1.81. The zero-order chi connectivity index (χ0) is 27.4. The van der Waals surface area contributed by atoms with E-state index in [1.807, 2.05) is 40.0 Å². The highest BCUT2D eigenvalue weighted by Gasteiger charge is 2.56. The van der Waals surface area contributed by atoms with E-state index in [1.165, 1.54) is 0 Å². The topological polar surface area (TPSA) is 97.6 Å². The van der Waals surface area contributed by atoms with Crippen molar-refractivity contribution in [1.82, 2.24) is 14.8 Å². The molecule has 2 fully saturated rings. The number of carbonyl (C=O) groups is 2. The van der Waals surface area contributed by atoms with E-state index in [2.05, 4.69) is 38.9 Å². The van der Waals surface area contributed by atoms with Crippen LogP contribution in [0.15, 0.2) is 28.7 Å². The van der Waals surface area contributed by atoms with Crippen LogP contribution < -0.4 is 9.64 Å². The number of aliphatic carboxylic acids is 1. The second-order valence-corrected chi connectivity index (χ2v) is 11.4. The average Bonchev–Trinajstić information content (AvgIpc) is 3.67. The van der Waals surface area contributed by atoms with Gasteiger partial charge in [0.05, 0.1) is 17.1 Å².